The second-order valence-corrected chi connectivity index (χ2v) is 7.34. The molecule has 28 heavy (non-hydrogen) atoms. The van der Waals surface area contributed by atoms with E-state index in [1.165, 1.54) is 21.0 Å². The van der Waals surface area contributed by atoms with Gasteiger partial charge < -0.3 is 14.2 Å². The van der Waals surface area contributed by atoms with Crippen molar-refractivity contribution in [1.29, 1.82) is 0 Å². The van der Waals surface area contributed by atoms with Crippen molar-refractivity contribution in [2.45, 2.75) is 49.8 Å². The quantitative estimate of drug-likeness (QED) is 0.330. The van der Waals surface area contributed by atoms with Crippen molar-refractivity contribution in [2.24, 2.45) is 23.7 Å². The average molecular weight is 432 g/mol. The molecular formula is C16H21F9O3. The highest BCUT2D eigenvalue weighted by Gasteiger charge is 2.94. The van der Waals surface area contributed by atoms with Gasteiger partial charge in [-0.2, -0.15) is 26.3 Å². The molecule has 0 amide bonds. The summed E-state index contributed by atoms with van der Waals surface area (Å²) in [5, 5.41) is 0. The molecule has 0 aromatic rings. The first-order valence-electron chi connectivity index (χ1n) is 8.52. The summed E-state index contributed by atoms with van der Waals surface area (Å²) in [7, 11) is 1.19. The van der Waals surface area contributed by atoms with Crippen molar-refractivity contribution in [3.8, 4) is 0 Å². The van der Waals surface area contributed by atoms with Gasteiger partial charge in [0, 0.05) is 18.9 Å². The molecule has 2 fully saturated rings. The summed E-state index contributed by atoms with van der Waals surface area (Å²) >= 11 is 0. The summed E-state index contributed by atoms with van der Waals surface area (Å²) in [5.74, 6) is -11.1. The molecule has 0 radical (unpaired) electrons. The van der Waals surface area contributed by atoms with Gasteiger partial charge in [0.1, 0.15) is 6.79 Å². The van der Waals surface area contributed by atoms with Gasteiger partial charge in [0.15, 0.2) is 0 Å². The third kappa shape index (κ3) is 2.92. The SMILES string of the molecule is COCCOCOC(C(F)(F)F)(C(F)(F)F)C1(F)C2CC(C(C)C2C)C1(F)F. The topological polar surface area (TPSA) is 27.7 Å². The van der Waals surface area contributed by atoms with Gasteiger partial charge in [-0.05, 0) is 18.3 Å². The van der Waals surface area contributed by atoms with Crippen LogP contribution in [0.2, 0.25) is 0 Å². The fourth-order valence-corrected chi connectivity index (χ4v) is 4.62. The molecule has 166 valence electrons. The Morgan fingerprint density at radius 3 is 1.79 bits per heavy atom. The van der Waals surface area contributed by atoms with Gasteiger partial charge in [0.25, 0.3) is 5.92 Å². The number of hydrogen-bond acceptors (Lipinski definition) is 3. The predicted molar refractivity (Wildman–Crippen MR) is 77.3 cm³/mol. The largest absolute Gasteiger partial charge is 0.430 e. The molecule has 2 rings (SSSR count). The lowest BCUT2D eigenvalue weighted by atomic mass is 9.63. The maximum Gasteiger partial charge on any atom is 0.430 e. The first kappa shape index (κ1) is 23.5. The molecule has 0 saturated heterocycles. The molecule has 2 aliphatic rings. The summed E-state index contributed by atoms with van der Waals surface area (Å²) in [6, 6.07) is 0. The Bertz CT molecular complexity index is 549. The lowest BCUT2D eigenvalue weighted by Crippen LogP contribution is -2.78. The minimum absolute atomic E-state index is 0.204. The van der Waals surface area contributed by atoms with E-state index in [-0.39, 0.29) is 6.61 Å². The van der Waals surface area contributed by atoms with Crippen LogP contribution in [0.5, 0.6) is 0 Å². The van der Waals surface area contributed by atoms with Crippen LogP contribution in [0.25, 0.3) is 0 Å². The Morgan fingerprint density at radius 2 is 1.36 bits per heavy atom. The van der Waals surface area contributed by atoms with Crippen molar-refractivity contribution in [3.63, 3.8) is 0 Å². The lowest BCUT2D eigenvalue weighted by molar-refractivity contribution is -0.453. The van der Waals surface area contributed by atoms with E-state index >= 15 is 4.39 Å². The minimum atomic E-state index is -6.51. The molecule has 0 aromatic heterocycles. The van der Waals surface area contributed by atoms with E-state index in [1.807, 2.05) is 0 Å². The highest BCUT2D eigenvalue weighted by molar-refractivity contribution is 5.28. The third-order valence-electron chi connectivity index (χ3n) is 6.17. The summed E-state index contributed by atoms with van der Waals surface area (Å²) in [6.45, 7) is 0.0688. The van der Waals surface area contributed by atoms with E-state index in [4.69, 9.17) is 0 Å². The van der Waals surface area contributed by atoms with E-state index in [9.17, 15) is 35.1 Å². The van der Waals surface area contributed by atoms with Gasteiger partial charge in [-0.3, -0.25) is 0 Å². The number of ether oxygens (including phenoxy) is 3. The first-order chi connectivity index (χ1) is 12.6. The number of alkyl halides is 9. The van der Waals surface area contributed by atoms with Gasteiger partial charge in [0.2, 0.25) is 5.67 Å². The van der Waals surface area contributed by atoms with Crippen LogP contribution in [0, 0.1) is 23.7 Å². The molecule has 0 aromatic carbocycles. The number of methoxy groups -OCH3 is 1. The van der Waals surface area contributed by atoms with E-state index in [0.29, 0.717) is 0 Å². The van der Waals surface area contributed by atoms with Crippen LogP contribution in [0.3, 0.4) is 0 Å². The smallest absolute Gasteiger partial charge is 0.382 e. The van der Waals surface area contributed by atoms with Crippen LogP contribution in [0.4, 0.5) is 39.5 Å². The van der Waals surface area contributed by atoms with Gasteiger partial charge in [0.05, 0.1) is 13.2 Å². The van der Waals surface area contributed by atoms with E-state index in [2.05, 4.69) is 14.2 Å². The fourth-order valence-electron chi connectivity index (χ4n) is 4.62. The number of rotatable bonds is 7. The van der Waals surface area contributed by atoms with Gasteiger partial charge in [-0.25, -0.2) is 13.2 Å². The highest BCUT2D eigenvalue weighted by Crippen LogP contribution is 2.73. The van der Waals surface area contributed by atoms with Gasteiger partial charge in [-0.1, -0.05) is 13.8 Å². The number of halogens is 9. The summed E-state index contributed by atoms with van der Waals surface area (Å²) < 4.78 is 141. The van der Waals surface area contributed by atoms with E-state index in [0.717, 1.165) is 0 Å². The average Bonchev–Trinajstić information content (AvgIpc) is 2.94. The highest BCUT2D eigenvalue weighted by atomic mass is 19.4. The van der Waals surface area contributed by atoms with Gasteiger partial charge in [-0.15, -0.1) is 0 Å². The Kier molecular flexibility index (Phi) is 6.04. The second-order valence-electron chi connectivity index (χ2n) is 7.34. The zero-order chi connectivity index (χ0) is 21.8. The molecule has 0 aliphatic heterocycles. The standard InChI is InChI=1S/C16H21F9O3/c1-8-9(2)11-6-10(8)12(17,13(11,18)19)14(15(20,21)22,16(23,24)25)28-7-27-5-4-26-3/h8-11H,4-7H2,1-3H3. The molecule has 2 aliphatic carbocycles. The van der Waals surface area contributed by atoms with Crippen molar-refractivity contribution in [1.82, 2.24) is 0 Å². The van der Waals surface area contributed by atoms with Crippen LogP contribution in [0.15, 0.2) is 0 Å². The van der Waals surface area contributed by atoms with Crippen molar-refractivity contribution >= 4 is 0 Å². The second kappa shape index (κ2) is 7.19. The molecule has 2 bridgehead atoms. The predicted octanol–water partition coefficient (Wildman–Crippen LogP) is 4.75. The Hall–Kier alpha value is -0.750. The number of fused-ring (bicyclic) bond motifs is 2. The fraction of sp³-hybridized carbons (Fsp3) is 1.00. The Labute approximate surface area is 155 Å². The summed E-state index contributed by atoms with van der Waals surface area (Å²) in [4.78, 5) is 0. The van der Waals surface area contributed by atoms with Crippen LogP contribution in [-0.4, -0.2) is 56.7 Å². The molecule has 0 spiro atoms. The summed E-state index contributed by atoms with van der Waals surface area (Å²) in [5.41, 5.74) is -10.8. The number of hydrogen-bond donors (Lipinski definition) is 0. The normalized spacial score (nSPS) is 35.6. The van der Waals surface area contributed by atoms with Crippen molar-refractivity contribution in [2.75, 3.05) is 27.1 Å². The van der Waals surface area contributed by atoms with E-state index < -0.39 is 73.0 Å². The zero-order valence-corrected chi connectivity index (χ0v) is 15.3. The van der Waals surface area contributed by atoms with Crippen LogP contribution >= 0.6 is 0 Å². The van der Waals surface area contributed by atoms with Crippen molar-refractivity contribution in [3.05, 3.63) is 0 Å². The van der Waals surface area contributed by atoms with Crippen molar-refractivity contribution < 1.29 is 53.7 Å². The maximum atomic E-state index is 15.7. The lowest BCUT2D eigenvalue weighted by Gasteiger charge is -2.52. The third-order valence-corrected chi connectivity index (χ3v) is 6.17. The van der Waals surface area contributed by atoms with Crippen LogP contribution < -0.4 is 0 Å². The Balaban J connectivity index is 2.58. The minimum Gasteiger partial charge on any atom is -0.382 e. The van der Waals surface area contributed by atoms with Crippen LogP contribution in [0.1, 0.15) is 20.3 Å². The molecule has 12 heteroatoms. The van der Waals surface area contributed by atoms with Gasteiger partial charge >= 0.3 is 18.0 Å². The molecule has 0 N–H and O–H groups in total. The molecule has 3 nitrogen and oxygen atoms in total. The molecule has 2 saturated carbocycles. The molecule has 0 heterocycles. The summed E-state index contributed by atoms with van der Waals surface area (Å²) in [6.07, 6.45) is -13.8. The monoisotopic (exact) mass is 432 g/mol. The zero-order valence-electron chi connectivity index (χ0n) is 15.3. The molecular weight excluding hydrogens is 411 g/mol. The maximum absolute atomic E-state index is 15.7. The van der Waals surface area contributed by atoms with E-state index in [1.54, 1.807) is 0 Å². The Morgan fingerprint density at radius 1 is 0.857 bits per heavy atom. The molecule has 5 atom stereocenters. The first-order valence-corrected chi connectivity index (χ1v) is 8.52. The van der Waals surface area contributed by atoms with Crippen LogP contribution in [-0.2, 0) is 14.2 Å². The molecule has 5 unspecified atom stereocenters.